The van der Waals surface area contributed by atoms with E-state index in [1.54, 1.807) is 12.1 Å². The number of benzene rings is 2. The quantitative estimate of drug-likeness (QED) is 0.811. The maximum atomic E-state index is 13.3. The fraction of sp³-hybridized carbons (Fsp3) is 0.409. The summed E-state index contributed by atoms with van der Waals surface area (Å²) in [6, 6.07) is 14.2. The van der Waals surface area contributed by atoms with E-state index in [4.69, 9.17) is 4.74 Å². The average Bonchev–Trinajstić information content (AvgIpc) is 2.69. The van der Waals surface area contributed by atoms with Crippen molar-refractivity contribution in [3.63, 3.8) is 0 Å². The monoisotopic (exact) mass is 368 g/mol. The Morgan fingerprint density at radius 3 is 2.63 bits per heavy atom. The smallest absolute Gasteiger partial charge is 0.254 e. The van der Waals surface area contributed by atoms with E-state index in [-0.39, 0.29) is 17.8 Å². The van der Waals surface area contributed by atoms with Gasteiger partial charge in [0.05, 0.1) is 0 Å². The molecule has 0 radical (unpaired) electrons. The summed E-state index contributed by atoms with van der Waals surface area (Å²) in [4.78, 5) is 17.0. The first kappa shape index (κ1) is 18.0. The number of carbonyl (C=O) groups excluding carboxylic acids is 1. The Morgan fingerprint density at radius 2 is 1.81 bits per heavy atom. The number of rotatable bonds is 5. The summed E-state index contributed by atoms with van der Waals surface area (Å²) >= 11 is 0. The third kappa shape index (κ3) is 4.30. The summed E-state index contributed by atoms with van der Waals surface area (Å²) in [5.41, 5.74) is 2.01. The molecule has 0 aromatic heterocycles. The molecule has 0 atom stereocenters. The van der Waals surface area contributed by atoms with E-state index in [9.17, 15) is 9.18 Å². The topological polar surface area (TPSA) is 32.8 Å². The molecule has 0 N–H and O–H groups in total. The van der Waals surface area contributed by atoms with Crippen LogP contribution >= 0.6 is 0 Å². The predicted molar refractivity (Wildman–Crippen MR) is 103 cm³/mol. The van der Waals surface area contributed by atoms with E-state index in [0.29, 0.717) is 5.75 Å². The van der Waals surface area contributed by atoms with Crippen LogP contribution in [0.25, 0.3) is 0 Å². The molecule has 142 valence electrons. The molecule has 2 aliphatic heterocycles. The van der Waals surface area contributed by atoms with Crippen molar-refractivity contribution in [3.05, 3.63) is 65.5 Å². The maximum Gasteiger partial charge on any atom is 0.254 e. The molecule has 1 saturated heterocycles. The zero-order valence-corrected chi connectivity index (χ0v) is 15.4. The van der Waals surface area contributed by atoms with Gasteiger partial charge in [-0.25, -0.2) is 4.39 Å². The predicted octanol–water partition coefficient (Wildman–Crippen LogP) is 3.37. The van der Waals surface area contributed by atoms with Crippen molar-refractivity contribution >= 4 is 5.91 Å². The van der Waals surface area contributed by atoms with E-state index in [1.165, 1.54) is 12.1 Å². The van der Waals surface area contributed by atoms with E-state index in [1.807, 2.05) is 29.2 Å². The van der Waals surface area contributed by atoms with Crippen LogP contribution in [0, 0.1) is 5.82 Å². The molecule has 1 amide bonds. The number of hydrogen-bond donors (Lipinski definition) is 0. The van der Waals surface area contributed by atoms with Gasteiger partial charge in [-0.2, -0.15) is 0 Å². The number of ether oxygens (including phenoxy) is 1. The standard InChI is InChI=1S/C22H25FN2O2/c23-18-5-3-6-20(16-18)27-19-9-11-24(12-10-19)14-15-25-13-8-17-4-1-2-7-21(17)22(25)26/h1-7,16,19H,8-15H2. The van der Waals surface area contributed by atoms with Gasteiger partial charge in [0, 0.05) is 44.4 Å². The van der Waals surface area contributed by atoms with Gasteiger partial charge in [-0.1, -0.05) is 24.3 Å². The Bertz CT molecular complexity index is 802. The van der Waals surface area contributed by atoms with Gasteiger partial charge in [0.2, 0.25) is 0 Å². The summed E-state index contributed by atoms with van der Waals surface area (Å²) in [7, 11) is 0. The molecule has 0 saturated carbocycles. The van der Waals surface area contributed by atoms with Crippen molar-refractivity contribution in [2.45, 2.75) is 25.4 Å². The summed E-state index contributed by atoms with van der Waals surface area (Å²) in [6.07, 6.45) is 2.91. The molecule has 2 aromatic rings. The SMILES string of the molecule is O=C1c2ccccc2CCN1CCN1CCC(Oc2cccc(F)c2)CC1. The Kier molecular flexibility index (Phi) is 5.39. The zero-order valence-electron chi connectivity index (χ0n) is 15.4. The molecular weight excluding hydrogens is 343 g/mol. The van der Waals surface area contributed by atoms with Crippen LogP contribution in [0.5, 0.6) is 5.75 Å². The van der Waals surface area contributed by atoms with Gasteiger partial charge in [0.15, 0.2) is 0 Å². The fourth-order valence-corrected chi connectivity index (χ4v) is 3.93. The first-order chi connectivity index (χ1) is 13.2. The average molecular weight is 368 g/mol. The van der Waals surface area contributed by atoms with Crippen LogP contribution in [0.3, 0.4) is 0 Å². The summed E-state index contributed by atoms with van der Waals surface area (Å²) in [5.74, 6) is 0.491. The lowest BCUT2D eigenvalue weighted by molar-refractivity contribution is 0.0666. The summed E-state index contributed by atoms with van der Waals surface area (Å²) < 4.78 is 19.2. The number of fused-ring (bicyclic) bond motifs is 1. The van der Waals surface area contributed by atoms with Gasteiger partial charge in [-0.05, 0) is 43.0 Å². The van der Waals surface area contributed by atoms with Crippen molar-refractivity contribution in [3.8, 4) is 5.75 Å². The highest BCUT2D eigenvalue weighted by atomic mass is 19.1. The Morgan fingerprint density at radius 1 is 1.00 bits per heavy atom. The normalized spacial score (nSPS) is 18.4. The number of carbonyl (C=O) groups is 1. The lowest BCUT2D eigenvalue weighted by Crippen LogP contribution is -2.45. The highest BCUT2D eigenvalue weighted by molar-refractivity contribution is 5.96. The number of likely N-dealkylation sites (tertiary alicyclic amines) is 1. The van der Waals surface area contributed by atoms with Crippen LogP contribution in [0.2, 0.25) is 0 Å². The van der Waals surface area contributed by atoms with Crippen molar-refractivity contribution in [1.82, 2.24) is 9.80 Å². The molecule has 0 bridgehead atoms. The molecule has 2 aromatic carbocycles. The highest BCUT2D eigenvalue weighted by Gasteiger charge is 2.25. The van der Waals surface area contributed by atoms with Crippen LogP contribution in [0.1, 0.15) is 28.8 Å². The van der Waals surface area contributed by atoms with Crippen LogP contribution in [0.4, 0.5) is 4.39 Å². The van der Waals surface area contributed by atoms with Gasteiger partial charge in [0.25, 0.3) is 5.91 Å². The molecule has 5 heteroatoms. The zero-order chi connectivity index (χ0) is 18.6. The number of piperidine rings is 1. The van der Waals surface area contributed by atoms with Crippen molar-refractivity contribution in [2.24, 2.45) is 0 Å². The van der Waals surface area contributed by atoms with Gasteiger partial charge in [0.1, 0.15) is 17.7 Å². The first-order valence-corrected chi connectivity index (χ1v) is 9.71. The molecule has 2 aliphatic rings. The Hall–Kier alpha value is -2.40. The largest absolute Gasteiger partial charge is 0.490 e. The second-order valence-corrected chi connectivity index (χ2v) is 7.32. The van der Waals surface area contributed by atoms with Crippen LogP contribution in [0.15, 0.2) is 48.5 Å². The fourth-order valence-electron chi connectivity index (χ4n) is 3.93. The lowest BCUT2D eigenvalue weighted by Gasteiger charge is -2.35. The number of hydrogen-bond acceptors (Lipinski definition) is 3. The second-order valence-electron chi connectivity index (χ2n) is 7.32. The molecule has 1 fully saturated rings. The minimum atomic E-state index is -0.266. The molecule has 2 heterocycles. The van der Waals surface area contributed by atoms with E-state index in [0.717, 1.165) is 63.1 Å². The minimum absolute atomic E-state index is 0.131. The minimum Gasteiger partial charge on any atom is -0.490 e. The van der Waals surface area contributed by atoms with E-state index < -0.39 is 0 Å². The van der Waals surface area contributed by atoms with Crippen molar-refractivity contribution in [1.29, 1.82) is 0 Å². The second kappa shape index (κ2) is 8.09. The van der Waals surface area contributed by atoms with Gasteiger partial charge >= 0.3 is 0 Å². The molecular formula is C22H25FN2O2. The van der Waals surface area contributed by atoms with Crippen LogP contribution in [-0.2, 0) is 6.42 Å². The Balaban J connectivity index is 1.24. The van der Waals surface area contributed by atoms with Gasteiger partial charge in [-0.15, -0.1) is 0 Å². The molecule has 27 heavy (non-hydrogen) atoms. The number of nitrogens with zero attached hydrogens (tertiary/aromatic N) is 2. The summed E-state index contributed by atoms with van der Waals surface area (Å²) in [5, 5.41) is 0. The van der Waals surface area contributed by atoms with E-state index in [2.05, 4.69) is 4.90 Å². The number of halogens is 1. The molecule has 4 nitrogen and oxygen atoms in total. The molecule has 4 rings (SSSR count). The molecule has 0 unspecified atom stereocenters. The molecule has 0 aliphatic carbocycles. The molecule has 0 spiro atoms. The lowest BCUT2D eigenvalue weighted by atomic mass is 9.99. The number of amides is 1. The van der Waals surface area contributed by atoms with Gasteiger partial charge < -0.3 is 14.5 Å². The first-order valence-electron chi connectivity index (χ1n) is 9.71. The Labute approximate surface area is 159 Å². The van der Waals surface area contributed by atoms with Gasteiger partial charge in [-0.3, -0.25) is 4.79 Å². The van der Waals surface area contributed by atoms with Crippen LogP contribution < -0.4 is 4.74 Å². The van der Waals surface area contributed by atoms with Crippen molar-refractivity contribution < 1.29 is 13.9 Å². The third-order valence-corrected chi connectivity index (χ3v) is 5.51. The summed E-state index contributed by atoms with van der Waals surface area (Å²) in [6.45, 7) is 4.34. The van der Waals surface area contributed by atoms with E-state index >= 15 is 0 Å². The van der Waals surface area contributed by atoms with Crippen LogP contribution in [-0.4, -0.2) is 54.5 Å². The third-order valence-electron chi connectivity index (χ3n) is 5.51. The highest BCUT2D eigenvalue weighted by Crippen LogP contribution is 2.21. The van der Waals surface area contributed by atoms with Crippen molar-refractivity contribution in [2.75, 3.05) is 32.7 Å². The maximum absolute atomic E-state index is 13.3.